The molecule has 0 radical (unpaired) electrons. The van der Waals surface area contributed by atoms with Crippen LogP contribution in [0.2, 0.25) is 0 Å². The summed E-state index contributed by atoms with van der Waals surface area (Å²) < 4.78 is 8.22. The van der Waals surface area contributed by atoms with Gasteiger partial charge in [-0.25, -0.2) is 0 Å². The van der Waals surface area contributed by atoms with Crippen LogP contribution < -0.4 is 5.32 Å². The lowest BCUT2D eigenvalue weighted by molar-refractivity contribution is 0.0781. The van der Waals surface area contributed by atoms with Crippen molar-refractivity contribution in [2.45, 2.75) is 45.3 Å². The van der Waals surface area contributed by atoms with Crippen LogP contribution in [0.5, 0.6) is 0 Å². The molecule has 1 aliphatic heterocycles. The summed E-state index contributed by atoms with van der Waals surface area (Å²) in [4.78, 5) is 0. The molecule has 19 heavy (non-hydrogen) atoms. The summed E-state index contributed by atoms with van der Waals surface area (Å²) in [5.74, 6) is 0. The summed E-state index contributed by atoms with van der Waals surface area (Å²) in [7, 11) is 0. The lowest BCUT2D eigenvalue weighted by Crippen LogP contribution is -2.32. The van der Waals surface area contributed by atoms with Crippen LogP contribution in [-0.4, -0.2) is 19.3 Å². The zero-order valence-electron chi connectivity index (χ0n) is 11.5. The fourth-order valence-electron chi connectivity index (χ4n) is 2.51. The van der Waals surface area contributed by atoms with Crippen LogP contribution in [-0.2, 0) is 4.74 Å². The molecule has 2 atom stereocenters. The Morgan fingerprint density at radius 2 is 2.16 bits per heavy atom. The quantitative estimate of drug-likeness (QED) is 0.783. The van der Waals surface area contributed by atoms with Crippen molar-refractivity contribution in [2.75, 3.05) is 13.2 Å². The molecule has 0 saturated carbocycles. The monoisotopic (exact) mass is 389 g/mol. The van der Waals surface area contributed by atoms with Crippen molar-refractivity contribution in [1.29, 1.82) is 0 Å². The minimum atomic E-state index is 0.272. The zero-order valence-corrected chi connectivity index (χ0v) is 14.7. The molecule has 1 N–H and O–H groups in total. The first-order valence-corrected chi connectivity index (χ1v) is 8.52. The minimum absolute atomic E-state index is 0.272. The van der Waals surface area contributed by atoms with Gasteiger partial charge in [0, 0.05) is 15.6 Å². The van der Waals surface area contributed by atoms with Gasteiger partial charge in [0.2, 0.25) is 0 Å². The van der Waals surface area contributed by atoms with E-state index in [0.29, 0.717) is 0 Å². The topological polar surface area (TPSA) is 21.3 Å². The number of ether oxygens (including phenoxy) is 1. The zero-order chi connectivity index (χ0) is 13.8. The second-order valence-electron chi connectivity index (χ2n) is 5.11. The first-order chi connectivity index (χ1) is 9.13. The maximum absolute atomic E-state index is 5.89. The molecule has 1 aliphatic rings. The van der Waals surface area contributed by atoms with Crippen molar-refractivity contribution < 1.29 is 4.74 Å². The summed E-state index contributed by atoms with van der Waals surface area (Å²) in [6, 6.07) is 4.66. The van der Waals surface area contributed by atoms with Crippen LogP contribution in [0, 0.1) is 6.92 Å². The highest BCUT2D eigenvalue weighted by molar-refractivity contribution is 9.11. The SMILES string of the molecule is CCCNC(c1cc(Br)c(C)cc1Br)C1CCCO1. The summed E-state index contributed by atoms with van der Waals surface area (Å²) in [6.45, 7) is 6.21. The third-order valence-corrected chi connectivity index (χ3v) is 5.11. The Balaban J connectivity index is 2.28. The second kappa shape index (κ2) is 7.21. The van der Waals surface area contributed by atoms with E-state index in [4.69, 9.17) is 4.74 Å². The molecule has 2 nitrogen and oxygen atoms in total. The summed E-state index contributed by atoms with van der Waals surface area (Å²) >= 11 is 7.34. The second-order valence-corrected chi connectivity index (χ2v) is 6.81. The van der Waals surface area contributed by atoms with E-state index in [1.54, 1.807) is 0 Å². The van der Waals surface area contributed by atoms with Gasteiger partial charge in [0.05, 0.1) is 12.1 Å². The Morgan fingerprint density at radius 3 is 2.79 bits per heavy atom. The molecular weight excluding hydrogens is 370 g/mol. The van der Waals surface area contributed by atoms with E-state index in [1.807, 2.05) is 0 Å². The molecule has 1 fully saturated rings. The highest BCUT2D eigenvalue weighted by Crippen LogP contribution is 2.34. The Labute approximate surface area is 132 Å². The predicted molar refractivity (Wildman–Crippen MR) is 86.6 cm³/mol. The fraction of sp³-hybridized carbons (Fsp3) is 0.600. The number of nitrogens with one attached hydrogen (secondary N) is 1. The van der Waals surface area contributed by atoms with E-state index >= 15 is 0 Å². The number of hydrogen-bond donors (Lipinski definition) is 1. The Morgan fingerprint density at radius 1 is 1.37 bits per heavy atom. The van der Waals surface area contributed by atoms with E-state index < -0.39 is 0 Å². The largest absolute Gasteiger partial charge is 0.376 e. The molecule has 1 aromatic rings. The molecule has 4 heteroatoms. The molecule has 2 unspecified atom stereocenters. The van der Waals surface area contributed by atoms with Gasteiger partial charge in [-0.15, -0.1) is 0 Å². The smallest absolute Gasteiger partial charge is 0.0771 e. The van der Waals surface area contributed by atoms with E-state index in [1.165, 1.54) is 17.5 Å². The standard InChI is InChI=1S/C15H21Br2NO/c1-3-6-18-15(14-5-4-7-19-14)11-9-12(16)10(2)8-13(11)17/h8-9,14-15,18H,3-7H2,1-2H3. The van der Waals surface area contributed by atoms with E-state index in [0.717, 1.165) is 34.9 Å². The van der Waals surface area contributed by atoms with Crippen molar-refractivity contribution >= 4 is 31.9 Å². The van der Waals surface area contributed by atoms with Gasteiger partial charge in [0.1, 0.15) is 0 Å². The number of benzene rings is 1. The van der Waals surface area contributed by atoms with Crippen LogP contribution in [0.15, 0.2) is 21.1 Å². The van der Waals surface area contributed by atoms with Gasteiger partial charge in [-0.2, -0.15) is 0 Å². The van der Waals surface area contributed by atoms with Gasteiger partial charge < -0.3 is 10.1 Å². The van der Waals surface area contributed by atoms with Gasteiger partial charge >= 0.3 is 0 Å². The van der Waals surface area contributed by atoms with Crippen LogP contribution >= 0.6 is 31.9 Å². The number of halogens is 2. The van der Waals surface area contributed by atoms with Gasteiger partial charge in [0.25, 0.3) is 0 Å². The summed E-state index contributed by atoms with van der Waals surface area (Å²) in [5, 5.41) is 3.64. The number of aryl methyl sites for hydroxylation is 1. The molecule has 1 saturated heterocycles. The maximum Gasteiger partial charge on any atom is 0.0771 e. The third-order valence-electron chi connectivity index (χ3n) is 3.56. The van der Waals surface area contributed by atoms with Crippen LogP contribution in [0.1, 0.15) is 43.4 Å². The maximum atomic E-state index is 5.89. The molecule has 0 aromatic heterocycles. The molecule has 0 spiro atoms. The summed E-state index contributed by atoms with van der Waals surface area (Å²) in [6.07, 6.45) is 3.73. The van der Waals surface area contributed by atoms with Gasteiger partial charge in [-0.05, 0) is 56.0 Å². The van der Waals surface area contributed by atoms with E-state index in [9.17, 15) is 0 Å². The first kappa shape index (κ1) is 15.5. The average molecular weight is 391 g/mol. The van der Waals surface area contributed by atoms with Crippen LogP contribution in [0.4, 0.5) is 0 Å². The molecule has 2 rings (SSSR count). The first-order valence-electron chi connectivity index (χ1n) is 6.94. The van der Waals surface area contributed by atoms with Crippen molar-refractivity contribution in [1.82, 2.24) is 5.32 Å². The number of hydrogen-bond acceptors (Lipinski definition) is 2. The van der Waals surface area contributed by atoms with Crippen molar-refractivity contribution in [3.8, 4) is 0 Å². The van der Waals surface area contributed by atoms with Crippen molar-refractivity contribution in [3.05, 3.63) is 32.2 Å². The summed E-state index contributed by atoms with van der Waals surface area (Å²) in [5.41, 5.74) is 2.54. The Bertz CT molecular complexity index is 430. The van der Waals surface area contributed by atoms with Gasteiger partial charge in [-0.3, -0.25) is 0 Å². The average Bonchev–Trinajstić information content (AvgIpc) is 2.89. The molecular formula is C15H21Br2NO. The molecule has 0 amide bonds. The highest BCUT2D eigenvalue weighted by Gasteiger charge is 2.28. The Hall–Kier alpha value is 0.1000. The van der Waals surface area contributed by atoms with Crippen LogP contribution in [0.25, 0.3) is 0 Å². The normalized spacial score (nSPS) is 20.7. The predicted octanol–water partition coefficient (Wildman–Crippen LogP) is 4.74. The molecule has 0 aliphatic carbocycles. The van der Waals surface area contributed by atoms with Crippen molar-refractivity contribution in [2.24, 2.45) is 0 Å². The fourth-order valence-corrected chi connectivity index (χ4v) is 3.57. The van der Waals surface area contributed by atoms with Crippen LogP contribution in [0.3, 0.4) is 0 Å². The lowest BCUT2D eigenvalue weighted by Gasteiger charge is -2.26. The molecule has 1 heterocycles. The molecule has 106 valence electrons. The molecule has 0 bridgehead atoms. The Kier molecular flexibility index (Phi) is 5.87. The van der Waals surface area contributed by atoms with E-state index in [-0.39, 0.29) is 12.1 Å². The van der Waals surface area contributed by atoms with Crippen molar-refractivity contribution in [3.63, 3.8) is 0 Å². The van der Waals surface area contributed by atoms with Gasteiger partial charge in [0.15, 0.2) is 0 Å². The minimum Gasteiger partial charge on any atom is -0.376 e. The highest BCUT2D eigenvalue weighted by atomic mass is 79.9. The lowest BCUT2D eigenvalue weighted by atomic mass is 9.98. The van der Waals surface area contributed by atoms with E-state index in [2.05, 4.69) is 63.2 Å². The third kappa shape index (κ3) is 3.81. The molecule has 1 aromatic carbocycles. The number of rotatable bonds is 5. The van der Waals surface area contributed by atoms with Gasteiger partial charge in [-0.1, -0.05) is 38.8 Å².